The molecule has 0 atom stereocenters. The maximum atomic E-state index is 2.37. The van der Waals surface area contributed by atoms with Crippen LogP contribution in [0.1, 0.15) is 0 Å². The van der Waals surface area contributed by atoms with Gasteiger partial charge in [0.05, 0.1) is 0 Å². The Morgan fingerprint density at radius 3 is 0.800 bits per heavy atom. The maximum Gasteiger partial charge on any atom is -0.00134 e. The van der Waals surface area contributed by atoms with E-state index in [2.05, 4.69) is 84.9 Å². The summed E-state index contributed by atoms with van der Waals surface area (Å²) in [5, 5.41) is 23.0. The highest BCUT2D eigenvalue weighted by molar-refractivity contribution is 6.52. The fraction of sp³-hybridized carbons (Fsp3) is 0. The average molecular weight is 374 g/mol. The fourth-order valence-electron chi connectivity index (χ4n) is 6.39. The molecule has 0 heterocycles. The molecule has 0 heteroatoms. The minimum Gasteiger partial charge on any atom is -0.0616 e. The van der Waals surface area contributed by atoms with Crippen LogP contribution >= 0.6 is 0 Å². The average Bonchev–Trinajstić information content (AvgIpc) is 2.76. The number of hydrogen-bond donors (Lipinski definition) is 0. The monoisotopic (exact) mass is 374 g/mol. The molecule has 0 N–H and O–H groups in total. The van der Waals surface area contributed by atoms with Crippen molar-refractivity contribution in [1.29, 1.82) is 0 Å². The lowest BCUT2D eigenvalue weighted by molar-refractivity contribution is 1.80. The summed E-state index contributed by atoms with van der Waals surface area (Å²) in [5.41, 5.74) is 0. The fourth-order valence-corrected chi connectivity index (χ4v) is 6.39. The molecule has 0 aliphatic heterocycles. The lowest BCUT2D eigenvalue weighted by atomic mass is 9.77. The number of fused-ring (bicyclic) bond motifs is 19. The van der Waals surface area contributed by atoms with Crippen LogP contribution < -0.4 is 0 Å². The lowest BCUT2D eigenvalue weighted by Gasteiger charge is -2.25. The van der Waals surface area contributed by atoms with Crippen LogP contribution in [0.25, 0.3) is 86.2 Å². The van der Waals surface area contributed by atoms with E-state index in [1.165, 1.54) is 86.2 Å². The first-order valence-corrected chi connectivity index (χ1v) is 10.6. The zero-order valence-electron chi connectivity index (χ0n) is 16.1. The van der Waals surface area contributed by atoms with Gasteiger partial charge in [-0.05, 0) is 86.2 Å². The molecule has 9 aromatic rings. The second-order valence-corrected chi connectivity index (χ2v) is 8.82. The molecule has 30 heavy (non-hydrogen) atoms. The van der Waals surface area contributed by atoms with Gasteiger partial charge < -0.3 is 0 Å². The molecule has 0 bridgehead atoms. The largest absolute Gasteiger partial charge is 0.0616 e. The molecule has 0 saturated carbocycles. The summed E-state index contributed by atoms with van der Waals surface area (Å²) in [6, 6.07) is 31.7. The van der Waals surface area contributed by atoms with E-state index in [-0.39, 0.29) is 0 Å². The Morgan fingerprint density at radius 1 is 0.200 bits per heavy atom. The van der Waals surface area contributed by atoms with Gasteiger partial charge in [0.25, 0.3) is 0 Å². The Hall–Kier alpha value is -3.90. The smallest absolute Gasteiger partial charge is 0.00134 e. The molecule has 0 aliphatic carbocycles. The van der Waals surface area contributed by atoms with Gasteiger partial charge in [-0.25, -0.2) is 0 Å². The topological polar surface area (TPSA) is 0 Å². The third-order valence-electron chi connectivity index (χ3n) is 7.67. The Balaban J connectivity index is 1.46. The molecule has 0 nitrogen and oxygen atoms in total. The predicted octanol–water partition coefficient (Wildman–Crippen LogP) is 8.66. The zero-order chi connectivity index (χ0) is 19.1. The molecule has 0 saturated heterocycles. The predicted molar refractivity (Wildman–Crippen MR) is 131 cm³/mol. The van der Waals surface area contributed by atoms with Crippen LogP contribution in [0.3, 0.4) is 0 Å². The Labute approximate surface area is 171 Å². The van der Waals surface area contributed by atoms with E-state index in [0.717, 1.165) is 0 Å². The molecule has 134 valence electrons. The minimum absolute atomic E-state index is 1.40. The SMILES string of the molecule is c1ccc2c(c1)c1ccc3c(c4ccc5c6c(ccc7c8ccccc8c76)c5c34)c21. The zero-order valence-corrected chi connectivity index (χ0v) is 16.1. The molecular formula is C30H14. The van der Waals surface area contributed by atoms with Gasteiger partial charge in [-0.1, -0.05) is 84.9 Å². The molecule has 0 unspecified atom stereocenters. The summed E-state index contributed by atoms with van der Waals surface area (Å²) in [6.45, 7) is 0. The molecule has 0 fully saturated rings. The second kappa shape index (κ2) is 4.32. The highest BCUT2D eigenvalue weighted by Gasteiger charge is 2.25. The Kier molecular flexibility index (Phi) is 2.04. The van der Waals surface area contributed by atoms with Crippen molar-refractivity contribution in [2.45, 2.75) is 0 Å². The second-order valence-electron chi connectivity index (χ2n) is 8.82. The number of hydrogen-bond acceptors (Lipinski definition) is 0. The minimum atomic E-state index is 1.40. The van der Waals surface area contributed by atoms with E-state index in [4.69, 9.17) is 0 Å². The van der Waals surface area contributed by atoms with Crippen LogP contribution in [0.15, 0.2) is 84.9 Å². The van der Waals surface area contributed by atoms with Gasteiger partial charge in [-0.15, -0.1) is 0 Å². The van der Waals surface area contributed by atoms with Gasteiger partial charge in [0.15, 0.2) is 0 Å². The van der Waals surface area contributed by atoms with Gasteiger partial charge in [0, 0.05) is 0 Å². The van der Waals surface area contributed by atoms with Crippen molar-refractivity contribution >= 4 is 86.2 Å². The summed E-state index contributed by atoms with van der Waals surface area (Å²) in [5.74, 6) is 0. The number of benzene rings is 5. The van der Waals surface area contributed by atoms with E-state index in [1.807, 2.05) is 0 Å². The standard InChI is InChI=1S/C30H14/c1-3-7-17-15(5-1)19-9-11-21-27(25(17)19)23-13-14-24-28-22(30(24)29(21)23)12-10-20-16-6-2-4-8-18(16)26(20)28/h1-14H. The van der Waals surface area contributed by atoms with Crippen molar-refractivity contribution in [3.63, 3.8) is 0 Å². The van der Waals surface area contributed by atoms with Gasteiger partial charge in [-0.3, -0.25) is 0 Å². The van der Waals surface area contributed by atoms with Gasteiger partial charge >= 0.3 is 0 Å². The highest BCUT2D eigenvalue weighted by atomic mass is 14.3. The maximum absolute atomic E-state index is 2.37. The van der Waals surface area contributed by atoms with Crippen molar-refractivity contribution in [1.82, 2.24) is 0 Å². The number of rotatable bonds is 0. The Bertz CT molecular complexity index is 1880. The molecule has 9 aromatic carbocycles. The normalized spacial score (nSPS) is 13.3. The van der Waals surface area contributed by atoms with Crippen LogP contribution in [0, 0.1) is 0 Å². The molecule has 9 rings (SSSR count). The van der Waals surface area contributed by atoms with Crippen LogP contribution in [0.2, 0.25) is 0 Å². The van der Waals surface area contributed by atoms with Crippen molar-refractivity contribution in [2.24, 2.45) is 0 Å². The van der Waals surface area contributed by atoms with Crippen LogP contribution in [-0.2, 0) is 0 Å². The molecule has 0 radical (unpaired) electrons. The van der Waals surface area contributed by atoms with Crippen molar-refractivity contribution in [2.75, 3.05) is 0 Å². The summed E-state index contributed by atoms with van der Waals surface area (Å²) in [7, 11) is 0. The summed E-state index contributed by atoms with van der Waals surface area (Å²) < 4.78 is 0. The van der Waals surface area contributed by atoms with E-state index < -0.39 is 0 Å². The first-order valence-electron chi connectivity index (χ1n) is 10.6. The summed E-state index contributed by atoms with van der Waals surface area (Å²) in [6.07, 6.45) is 0. The van der Waals surface area contributed by atoms with Crippen LogP contribution in [-0.4, -0.2) is 0 Å². The van der Waals surface area contributed by atoms with Crippen LogP contribution in [0.5, 0.6) is 0 Å². The molecule has 0 amide bonds. The van der Waals surface area contributed by atoms with E-state index in [0.29, 0.717) is 0 Å². The van der Waals surface area contributed by atoms with Gasteiger partial charge in [0.2, 0.25) is 0 Å². The van der Waals surface area contributed by atoms with Gasteiger partial charge in [0.1, 0.15) is 0 Å². The van der Waals surface area contributed by atoms with Crippen molar-refractivity contribution < 1.29 is 0 Å². The first-order chi connectivity index (χ1) is 14.9. The molecule has 0 spiro atoms. The Morgan fingerprint density at radius 2 is 0.433 bits per heavy atom. The highest BCUT2D eigenvalue weighted by Crippen LogP contribution is 2.54. The van der Waals surface area contributed by atoms with Crippen molar-refractivity contribution in [3.05, 3.63) is 84.9 Å². The van der Waals surface area contributed by atoms with E-state index in [9.17, 15) is 0 Å². The molecule has 0 aliphatic rings. The van der Waals surface area contributed by atoms with E-state index in [1.54, 1.807) is 0 Å². The summed E-state index contributed by atoms with van der Waals surface area (Å²) >= 11 is 0. The third kappa shape index (κ3) is 1.26. The summed E-state index contributed by atoms with van der Waals surface area (Å²) in [4.78, 5) is 0. The lowest BCUT2D eigenvalue weighted by Crippen LogP contribution is -1.96. The quantitative estimate of drug-likeness (QED) is 0.249. The van der Waals surface area contributed by atoms with Crippen LogP contribution in [0.4, 0.5) is 0 Å². The van der Waals surface area contributed by atoms with E-state index >= 15 is 0 Å². The van der Waals surface area contributed by atoms with Gasteiger partial charge in [-0.2, -0.15) is 0 Å². The molecule has 0 aromatic heterocycles. The third-order valence-corrected chi connectivity index (χ3v) is 7.67. The molecular weight excluding hydrogens is 360 g/mol. The van der Waals surface area contributed by atoms with Crippen molar-refractivity contribution in [3.8, 4) is 0 Å². The first kappa shape index (κ1) is 14.1.